The number of carbonyl (C=O) groups excluding carboxylic acids is 1. The number of thioether (sulfide) groups is 1. The highest BCUT2D eigenvalue weighted by Gasteiger charge is 2.12. The lowest BCUT2D eigenvalue weighted by Gasteiger charge is -2.10. The summed E-state index contributed by atoms with van der Waals surface area (Å²) < 4.78 is 0. The number of benzene rings is 2. The van der Waals surface area contributed by atoms with Crippen molar-refractivity contribution in [3.05, 3.63) is 78.5 Å². The van der Waals surface area contributed by atoms with E-state index in [0.29, 0.717) is 11.3 Å². The van der Waals surface area contributed by atoms with E-state index in [4.69, 9.17) is 0 Å². The second-order valence-corrected chi connectivity index (χ2v) is 5.78. The van der Waals surface area contributed by atoms with Gasteiger partial charge in [-0.25, -0.2) is 4.98 Å². The van der Waals surface area contributed by atoms with Crippen LogP contribution in [0.5, 0.6) is 0 Å². The van der Waals surface area contributed by atoms with Gasteiger partial charge in [-0.3, -0.25) is 4.79 Å². The van der Waals surface area contributed by atoms with Crippen molar-refractivity contribution in [2.24, 2.45) is 0 Å². The van der Waals surface area contributed by atoms with Crippen molar-refractivity contribution >= 4 is 23.4 Å². The first-order chi connectivity index (χ1) is 11.3. The first-order valence-electron chi connectivity index (χ1n) is 7.24. The molecule has 0 fully saturated rings. The van der Waals surface area contributed by atoms with E-state index in [2.05, 4.69) is 10.3 Å². The standard InChI is InChI=1S/C19H16N2OS/c1-23-18-12-11-15(13-20-18)21-19(22)17-10-6-5-9-16(17)14-7-3-2-4-8-14/h2-13H,1H3,(H,21,22). The minimum atomic E-state index is -0.136. The Hall–Kier alpha value is -2.59. The zero-order valence-electron chi connectivity index (χ0n) is 12.7. The zero-order valence-corrected chi connectivity index (χ0v) is 13.5. The fourth-order valence-electron chi connectivity index (χ4n) is 2.32. The predicted octanol–water partition coefficient (Wildman–Crippen LogP) is 4.72. The molecule has 0 aliphatic heterocycles. The van der Waals surface area contributed by atoms with Crippen molar-refractivity contribution in [2.45, 2.75) is 5.03 Å². The van der Waals surface area contributed by atoms with Gasteiger partial charge in [-0.1, -0.05) is 48.5 Å². The molecule has 0 unspecified atom stereocenters. The highest BCUT2D eigenvalue weighted by atomic mass is 32.2. The molecule has 4 heteroatoms. The van der Waals surface area contributed by atoms with Crippen molar-refractivity contribution in [3.8, 4) is 11.1 Å². The fraction of sp³-hybridized carbons (Fsp3) is 0.0526. The molecule has 1 amide bonds. The van der Waals surface area contributed by atoms with E-state index in [-0.39, 0.29) is 5.91 Å². The van der Waals surface area contributed by atoms with E-state index in [1.165, 1.54) is 0 Å². The van der Waals surface area contributed by atoms with Crippen LogP contribution in [0, 0.1) is 0 Å². The van der Waals surface area contributed by atoms with Crippen LogP contribution in [0.2, 0.25) is 0 Å². The molecule has 0 saturated carbocycles. The molecule has 0 atom stereocenters. The summed E-state index contributed by atoms with van der Waals surface area (Å²) in [4.78, 5) is 16.9. The summed E-state index contributed by atoms with van der Waals surface area (Å²) in [5.74, 6) is -0.136. The molecular formula is C19H16N2OS. The summed E-state index contributed by atoms with van der Waals surface area (Å²) in [7, 11) is 0. The average molecular weight is 320 g/mol. The quantitative estimate of drug-likeness (QED) is 0.707. The smallest absolute Gasteiger partial charge is 0.256 e. The monoisotopic (exact) mass is 320 g/mol. The third-order valence-corrected chi connectivity index (χ3v) is 4.12. The maximum absolute atomic E-state index is 12.6. The molecule has 3 nitrogen and oxygen atoms in total. The number of carbonyl (C=O) groups is 1. The van der Waals surface area contributed by atoms with E-state index >= 15 is 0 Å². The zero-order chi connectivity index (χ0) is 16.1. The van der Waals surface area contributed by atoms with Crippen LogP contribution in [-0.2, 0) is 0 Å². The molecule has 1 N–H and O–H groups in total. The van der Waals surface area contributed by atoms with E-state index in [1.54, 1.807) is 18.0 Å². The van der Waals surface area contributed by atoms with Gasteiger partial charge in [0.2, 0.25) is 0 Å². The fourth-order valence-corrected chi connectivity index (χ4v) is 2.69. The Labute approximate surface area is 139 Å². The number of rotatable bonds is 4. The Balaban J connectivity index is 1.88. The molecule has 0 radical (unpaired) electrons. The summed E-state index contributed by atoms with van der Waals surface area (Å²) in [6, 6.07) is 21.3. The summed E-state index contributed by atoms with van der Waals surface area (Å²) in [5.41, 5.74) is 3.27. The third-order valence-electron chi connectivity index (χ3n) is 3.46. The highest BCUT2D eigenvalue weighted by molar-refractivity contribution is 7.98. The Morgan fingerprint density at radius 1 is 0.957 bits per heavy atom. The Kier molecular flexibility index (Phi) is 4.74. The molecule has 1 heterocycles. The van der Waals surface area contributed by atoms with Crippen LogP contribution in [0.1, 0.15) is 10.4 Å². The van der Waals surface area contributed by atoms with Gasteiger partial charge in [0, 0.05) is 5.56 Å². The molecular weight excluding hydrogens is 304 g/mol. The second kappa shape index (κ2) is 7.11. The van der Waals surface area contributed by atoms with Gasteiger partial charge in [-0.15, -0.1) is 11.8 Å². The summed E-state index contributed by atoms with van der Waals surface area (Å²) in [6.07, 6.45) is 3.64. The number of pyridine rings is 1. The molecule has 0 aliphatic carbocycles. The molecule has 23 heavy (non-hydrogen) atoms. The molecule has 2 aromatic carbocycles. The molecule has 0 spiro atoms. The Morgan fingerprint density at radius 2 is 1.70 bits per heavy atom. The minimum absolute atomic E-state index is 0.136. The molecule has 0 bridgehead atoms. The lowest BCUT2D eigenvalue weighted by molar-refractivity contribution is 0.102. The van der Waals surface area contributed by atoms with E-state index in [1.807, 2.05) is 73.0 Å². The van der Waals surface area contributed by atoms with Crippen LogP contribution in [0.15, 0.2) is 78.0 Å². The van der Waals surface area contributed by atoms with Crippen LogP contribution in [0.25, 0.3) is 11.1 Å². The van der Waals surface area contributed by atoms with E-state index < -0.39 is 0 Å². The minimum Gasteiger partial charge on any atom is -0.321 e. The van der Waals surface area contributed by atoms with E-state index in [9.17, 15) is 4.79 Å². The van der Waals surface area contributed by atoms with Gasteiger partial charge in [0.15, 0.2) is 0 Å². The predicted molar refractivity (Wildman–Crippen MR) is 95.8 cm³/mol. The normalized spacial score (nSPS) is 10.3. The van der Waals surface area contributed by atoms with Crippen molar-refractivity contribution in [1.29, 1.82) is 0 Å². The van der Waals surface area contributed by atoms with Crippen LogP contribution < -0.4 is 5.32 Å². The number of amides is 1. The topological polar surface area (TPSA) is 42.0 Å². The van der Waals surface area contributed by atoms with Gasteiger partial charge in [0.05, 0.1) is 16.9 Å². The molecule has 1 aromatic heterocycles. The first-order valence-corrected chi connectivity index (χ1v) is 8.46. The molecule has 3 aromatic rings. The molecule has 114 valence electrons. The Bertz CT molecular complexity index is 801. The summed E-state index contributed by atoms with van der Waals surface area (Å²) in [5, 5.41) is 3.83. The van der Waals surface area contributed by atoms with Crippen molar-refractivity contribution in [3.63, 3.8) is 0 Å². The van der Waals surface area contributed by atoms with Gasteiger partial charge in [0.25, 0.3) is 5.91 Å². The maximum atomic E-state index is 12.6. The largest absolute Gasteiger partial charge is 0.321 e. The van der Waals surface area contributed by atoms with Gasteiger partial charge >= 0.3 is 0 Å². The number of nitrogens with one attached hydrogen (secondary N) is 1. The first kappa shape index (κ1) is 15.3. The summed E-state index contributed by atoms with van der Waals surface area (Å²) >= 11 is 1.57. The molecule has 0 saturated heterocycles. The Morgan fingerprint density at radius 3 is 2.39 bits per heavy atom. The average Bonchev–Trinajstić information content (AvgIpc) is 2.63. The van der Waals surface area contributed by atoms with Crippen LogP contribution in [-0.4, -0.2) is 17.1 Å². The third kappa shape index (κ3) is 3.60. The lowest BCUT2D eigenvalue weighted by Crippen LogP contribution is -2.13. The van der Waals surface area contributed by atoms with Crippen molar-refractivity contribution in [2.75, 3.05) is 11.6 Å². The van der Waals surface area contributed by atoms with Crippen LogP contribution in [0.3, 0.4) is 0 Å². The maximum Gasteiger partial charge on any atom is 0.256 e. The number of hydrogen-bond acceptors (Lipinski definition) is 3. The SMILES string of the molecule is CSc1ccc(NC(=O)c2ccccc2-c2ccccc2)cn1. The highest BCUT2D eigenvalue weighted by Crippen LogP contribution is 2.24. The number of aromatic nitrogens is 1. The second-order valence-electron chi connectivity index (χ2n) is 4.95. The van der Waals surface area contributed by atoms with Gasteiger partial charge in [-0.2, -0.15) is 0 Å². The van der Waals surface area contributed by atoms with Crippen molar-refractivity contribution < 1.29 is 4.79 Å². The molecule has 3 rings (SSSR count). The van der Waals surface area contributed by atoms with Crippen molar-refractivity contribution in [1.82, 2.24) is 4.98 Å². The van der Waals surface area contributed by atoms with E-state index in [0.717, 1.165) is 16.2 Å². The summed E-state index contributed by atoms with van der Waals surface area (Å²) in [6.45, 7) is 0. The van der Waals surface area contributed by atoms with Crippen LogP contribution >= 0.6 is 11.8 Å². The lowest BCUT2D eigenvalue weighted by atomic mass is 9.99. The van der Waals surface area contributed by atoms with Crippen LogP contribution in [0.4, 0.5) is 5.69 Å². The number of anilines is 1. The number of hydrogen-bond donors (Lipinski definition) is 1. The van der Waals surface area contributed by atoms with Gasteiger partial charge in [-0.05, 0) is 35.6 Å². The van der Waals surface area contributed by atoms with Gasteiger partial charge < -0.3 is 5.32 Å². The number of nitrogens with zero attached hydrogens (tertiary/aromatic N) is 1. The van der Waals surface area contributed by atoms with Gasteiger partial charge in [0.1, 0.15) is 0 Å². The molecule has 0 aliphatic rings.